The summed E-state index contributed by atoms with van der Waals surface area (Å²) in [6.45, 7) is -4.07. The first-order valence-electron chi connectivity index (χ1n) is 36.2. The highest BCUT2D eigenvalue weighted by molar-refractivity contribution is 5.90. The number of carbonyl (C=O) groups is 4. The van der Waals surface area contributed by atoms with Gasteiger partial charge in [0.1, 0.15) is 23.0 Å². The van der Waals surface area contributed by atoms with E-state index in [4.69, 9.17) is 63.8 Å². The number of esters is 4. The van der Waals surface area contributed by atoms with E-state index in [0.29, 0.717) is 36.1 Å². The molecular weight excluding hydrogens is 1170 g/mol. The van der Waals surface area contributed by atoms with Crippen LogP contribution in [-0.4, -0.2) is 133 Å². The van der Waals surface area contributed by atoms with Gasteiger partial charge in [-0.25, -0.2) is 0 Å². The van der Waals surface area contributed by atoms with Crippen molar-refractivity contribution in [3.63, 3.8) is 0 Å². The van der Waals surface area contributed by atoms with Gasteiger partial charge in [-0.2, -0.15) is 0 Å². The van der Waals surface area contributed by atoms with Crippen molar-refractivity contribution in [2.75, 3.05) is 110 Å². The van der Waals surface area contributed by atoms with Crippen LogP contribution in [0.25, 0.3) is 43.1 Å². The van der Waals surface area contributed by atoms with Gasteiger partial charge in [-0.1, -0.05) is 97.1 Å². The Bertz CT molecular complexity index is 3970. The first-order chi connectivity index (χ1) is 49.0. The minimum atomic E-state index is -2.57. The van der Waals surface area contributed by atoms with Gasteiger partial charge in [-0.3, -0.25) is 19.2 Å². The van der Waals surface area contributed by atoms with Crippen LogP contribution in [0.4, 0.5) is 0 Å². The number of carbonyl (C=O) groups excluding carboxylic acids is 4. The third-order valence-electron chi connectivity index (χ3n) is 14.5. The molecule has 4 atom stereocenters. The Kier molecular flexibility index (Phi) is 25.8. The monoisotopic (exact) mass is 1280 g/mol. The summed E-state index contributed by atoms with van der Waals surface area (Å²) in [4.78, 5) is 49.2. The van der Waals surface area contributed by atoms with Crippen molar-refractivity contribution in [3.8, 4) is 23.0 Å². The zero-order valence-electron chi connectivity index (χ0n) is 66.6. The van der Waals surface area contributed by atoms with Gasteiger partial charge in [0.15, 0.2) is 0 Å². The SMILES string of the molecule is [2H]C([2H])(CCCOC(=O)[C@@H](C)c1ccc2cc(OC)ccc2c1)OC.[2H]C([2H])(CCCOC(=O)[C@@H](C)c1ccc2cc(OC)ccc2c1)OC.[2H]C([2H])(CCCOC(=O)[C@@]([2H])(C)c1ccc2cc(OC)ccc2c1)OC.[2H]C([2H])(CCCOC(=O)[C@H](c1ccc2cc(OC)ccc2c1)C([2H])([2H])[2H])OC. The van der Waals surface area contributed by atoms with E-state index in [1.54, 1.807) is 84.8 Å². The van der Waals surface area contributed by atoms with Crippen LogP contribution in [0, 0.1) is 0 Å². The van der Waals surface area contributed by atoms with Crippen molar-refractivity contribution in [1.29, 1.82) is 0 Å². The van der Waals surface area contributed by atoms with Crippen molar-refractivity contribution < 1.29 is 92.5 Å². The Balaban J connectivity index is 0.000000249. The number of ether oxygens (including phenoxy) is 12. The van der Waals surface area contributed by atoms with Crippen LogP contribution < -0.4 is 18.9 Å². The van der Waals surface area contributed by atoms with Crippen molar-refractivity contribution in [1.82, 2.24) is 0 Å². The molecule has 16 nitrogen and oxygen atoms in total. The van der Waals surface area contributed by atoms with Crippen LogP contribution in [0.1, 0.15) is 141 Å². The molecule has 16 heteroatoms. The molecule has 0 aromatic heterocycles. The van der Waals surface area contributed by atoms with Gasteiger partial charge in [0.05, 0.1) is 89.5 Å². The number of methoxy groups -OCH3 is 8. The average Bonchev–Trinajstić information content (AvgIpc) is 0.803. The van der Waals surface area contributed by atoms with E-state index in [2.05, 4.69) is 9.47 Å². The first-order valence-corrected chi connectivity index (χ1v) is 30.2. The number of fused-ring (bicyclic) bond motifs is 4. The summed E-state index contributed by atoms with van der Waals surface area (Å²) in [5.74, 6) is -2.86. The van der Waals surface area contributed by atoms with Gasteiger partial charge in [0.25, 0.3) is 0 Å². The number of benzene rings is 8. The summed E-state index contributed by atoms with van der Waals surface area (Å²) in [7, 11) is 11.6. The molecule has 92 heavy (non-hydrogen) atoms. The largest absolute Gasteiger partial charge is 0.497 e. The Hall–Kier alpha value is -8.28. The Morgan fingerprint density at radius 1 is 0.326 bits per heavy atom. The molecule has 0 bridgehead atoms. The maximum atomic E-state index is 12.5. The smallest absolute Gasteiger partial charge is 0.313 e. The topological polar surface area (TPSA) is 179 Å². The van der Waals surface area contributed by atoms with E-state index < -0.39 is 56.8 Å². The van der Waals surface area contributed by atoms with Crippen molar-refractivity contribution in [3.05, 3.63) is 168 Å². The predicted molar refractivity (Wildman–Crippen MR) is 364 cm³/mol. The summed E-state index contributed by atoms with van der Waals surface area (Å²) in [6.07, 6.45) is 1.88. The Labute approximate surface area is 560 Å². The molecule has 0 aliphatic heterocycles. The van der Waals surface area contributed by atoms with Gasteiger partial charge < -0.3 is 56.8 Å². The molecule has 0 radical (unpaired) electrons. The quantitative estimate of drug-likeness (QED) is 0.0221. The summed E-state index contributed by atoms with van der Waals surface area (Å²) < 4.78 is 152. The van der Waals surface area contributed by atoms with E-state index in [1.165, 1.54) is 35.4 Å². The molecule has 0 fully saturated rings. The van der Waals surface area contributed by atoms with E-state index in [1.807, 2.05) is 103 Å². The van der Waals surface area contributed by atoms with Crippen LogP contribution >= 0.6 is 0 Å². The molecule has 8 rings (SSSR count). The molecule has 0 heterocycles. The standard InChI is InChI=1S/4C19H24O4/c4*1-14(19(20)23-11-5-4-10-21-2)15-6-7-17-13-18(22-3)9-8-16(17)12-15/h4*6-9,12-14H,4-5,10-11H2,1-3H3/t4*14-/m0000/s1/i10D2,14D;1D3,10D2;2*10D2. The predicted octanol–water partition coefficient (Wildman–Crippen LogP) is 15.7. The summed E-state index contributed by atoms with van der Waals surface area (Å²) in [5.41, 5.74) is 2.65. The van der Waals surface area contributed by atoms with Crippen molar-refractivity contribution in [2.45, 2.75) is 103 Å². The zero-order chi connectivity index (χ0) is 77.2. The molecule has 496 valence electrons. The minimum absolute atomic E-state index is 0.0347. The molecule has 0 saturated heterocycles. The summed E-state index contributed by atoms with van der Waals surface area (Å²) >= 11 is 0. The van der Waals surface area contributed by atoms with Gasteiger partial charge >= 0.3 is 23.9 Å². The second kappa shape index (κ2) is 41.3. The number of rotatable bonds is 32. The molecular formula is C76H96O16. The second-order valence-electron chi connectivity index (χ2n) is 20.8. The molecule has 0 N–H and O–H groups in total. The summed E-state index contributed by atoms with van der Waals surface area (Å²) in [5, 5.41) is 7.67. The Morgan fingerprint density at radius 2 is 0.565 bits per heavy atom. The lowest BCUT2D eigenvalue weighted by Gasteiger charge is -2.13. The van der Waals surface area contributed by atoms with Crippen LogP contribution in [0.15, 0.2) is 146 Å². The summed E-state index contributed by atoms with van der Waals surface area (Å²) in [6, 6.07) is 44.7. The lowest BCUT2D eigenvalue weighted by atomic mass is 9.98. The fraction of sp³-hybridized carbons (Fsp3) is 0.421. The van der Waals surface area contributed by atoms with Gasteiger partial charge in [-0.15, -0.1) is 0 Å². The third kappa shape index (κ3) is 24.4. The fourth-order valence-corrected chi connectivity index (χ4v) is 9.05. The molecule has 0 saturated carbocycles. The maximum Gasteiger partial charge on any atom is 0.313 e. The average molecular weight is 1280 g/mol. The van der Waals surface area contributed by atoms with Gasteiger partial charge in [0, 0.05) is 60.2 Å². The fourth-order valence-electron chi connectivity index (χ4n) is 9.05. The maximum absolute atomic E-state index is 12.5. The zero-order valence-corrected chi connectivity index (χ0v) is 54.6. The first kappa shape index (κ1) is 57.6. The van der Waals surface area contributed by atoms with E-state index in [0.717, 1.165) is 71.5 Å². The van der Waals surface area contributed by atoms with Crippen LogP contribution in [0.5, 0.6) is 23.0 Å². The van der Waals surface area contributed by atoms with Gasteiger partial charge in [0.2, 0.25) is 0 Å². The molecule has 0 aliphatic rings. The molecule has 0 amide bonds. The van der Waals surface area contributed by atoms with Gasteiger partial charge in [-0.05, 0) is 193 Å². The molecule has 8 aromatic rings. The highest BCUT2D eigenvalue weighted by atomic mass is 16.5. The number of hydrogen-bond acceptors (Lipinski definition) is 16. The Morgan fingerprint density at radius 3 is 0.848 bits per heavy atom. The second-order valence-corrected chi connectivity index (χ2v) is 20.8. The normalized spacial score (nSPS) is 15.2. The highest BCUT2D eigenvalue weighted by Gasteiger charge is 2.21. The van der Waals surface area contributed by atoms with Crippen LogP contribution in [0.3, 0.4) is 0 Å². The molecule has 0 unspecified atom stereocenters. The highest BCUT2D eigenvalue weighted by Crippen LogP contribution is 2.30. The third-order valence-corrected chi connectivity index (χ3v) is 14.5. The lowest BCUT2D eigenvalue weighted by molar-refractivity contribution is -0.146. The molecule has 8 aromatic carbocycles. The molecule has 0 spiro atoms. The van der Waals surface area contributed by atoms with Crippen molar-refractivity contribution in [2.24, 2.45) is 0 Å². The van der Waals surface area contributed by atoms with Crippen LogP contribution in [-0.2, 0) is 57.1 Å². The van der Waals surface area contributed by atoms with E-state index in [-0.39, 0.29) is 82.3 Å². The number of hydrogen-bond donors (Lipinski definition) is 0. The van der Waals surface area contributed by atoms with E-state index >= 15 is 0 Å². The lowest BCUT2D eigenvalue weighted by Crippen LogP contribution is -2.14. The minimum Gasteiger partial charge on any atom is -0.497 e. The van der Waals surface area contributed by atoms with E-state index in [9.17, 15) is 19.2 Å². The van der Waals surface area contributed by atoms with Crippen molar-refractivity contribution >= 4 is 67.0 Å². The molecule has 0 aliphatic carbocycles. The van der Waals surface area contributed by atoms with Crippen LogP contribution in [0.2, 0.25) is 0 Å².